The molecule has 0 atom stereocenters. The zero-order valence-corrected chi connectivity index (χ0v) is 9.08. The maximum atomic E-state index is 10.1. The first-order valence-electron chi connectivity index (χ1n) is 5.13. The third-order valence-electron chi connectivity index (χ3n) is 1.61. The van der Waals surface area contributed by atoms with Crippen molar-refractivity contribution in [3.8, 4) is 0 Å². The molecule has 0 aromatic rings. The van der Waals surface area contributed by atoms with Gasteiger partial charge in [0, 0.05) is 19.8 Å². The molecule has 0 spiro atoms. The Morgan fingerprint density at radius 1 is 1.43 bits per heavy atom. The van der Waals surface area contributed by atoms with Crippen molar-refractivity contribution in [1.29, 1.82) is 0 Å². The summed E-state index contributed by atoms with van der Waals surface area (Å²) in [6, 6.07) is 0. The van der Waals surface area contributed by atoms with Crippen molar-refractivity contribution in [2.45, 2.75) is 26.7 Å². The van der Waals surface area contributed by atoms with Crippen LogP contribution in [0.2, 0.25) is 0 Å². The van der Waals surface area contributed by atoms with Gasteiger partial charge in [0.1, 0.15) is 0 Å². The van der Waals surface area contributed by atoms with Crippen LogP contribution in [0.15, 0.2) is 0 Å². The Kier molecular flexibility index (Phi) is 8.57. The summed E-state index contributed by atoms with van der Waals surface area (Å²) < 4.78 is 5.37. The lowest BCUT2D eigenvalue weighted by atomic mass is 10.2. The lowest BCUT2D eigenvalue weighted by Gasteiger charge is -2.06. The molecule has 0 unspecified atom stereocenters. The predicted molar refractivity (Wildman–Crippen MR) is 55.4 cm³/mol. The Morgan fingerprint density at radius 3 is 2.71 bits per heavy atom. The molecule has 0 amide bonds. The van der Waals surface area contributed by atoms with Gasteiger partial charge in [-0.3, -0.25) is 4.79 Å². The maximum absolute atomic E-state index is 10.1. The van der Waals surface area contributed by atoms with Crippen LogP contribution in [0.1, 0.15) is 26.7 Å². The topological polar surface area (TPSA) is 58.6 Å². The van der Waals surface area contributed by atoms with Crippen LogP contribution in [0.4, 0.5) is 0 Å². The quantitative estimate of drug-likeness (QED) is 0.551. The van der Waals surface area contributed by atoms with E-state index in [4.69, 9.17) is 9.84 Å². The largest absolute Gasteiger partial charge is 0.481 e. The van der Waals surface area contributed by atoms with E-state index in [1.807, 2.05) is 0 Å². The van der Waals surface area contributed by atoms with Gasteiger partial charge in [-0.2, -0.15) is 0 Å². The Balaban J connectivity index is 2.96. The minimum absolute atomic E-state index is 0.187. The van der Waals surface area contributed by atoms with Crippen molar-refractivity contribution in [2.24, 2.45) is 5.92 Å². The van der Waals surface area contributed by atoms with E-state index in [1.165, 1.54) is 0 Å². The Hall–Kier alpha value is -0.610. The van der Waals surface area contributed by atoms with Crippen molar-refractivity contribution >= 4 is 5.97 Å². The summed E-state index contributed by atoms with van der Waals surface area (Å²) in [6.07, 6.45) is 1.12. The fourth-order valence-electron chi connectivity index (χ4n) is 0.939. The third-order valence-corrected chi connectivity index (χ3v) is 1.61. The highest BCUT2D eigenvalue weighted by atomic mass is 16.5. The molecule has 0 radical (unpaired) electrons. The molecule has 0 saturated heterocycles. The van der Waals surface area contributed by atoms with Crippen LogP contribution in [-0.2, 0) is 9.53 Å². The fraction of sp³-hybridized carbons (Fsp3) is 0.900. The van der Waals surface area contributed by atoms with Crippen LogP contribution >= 0.6 is 0 Å². The van der Waals surface area contributed by atoms with Gasteiger partial charge in [-0.25, -0.2) is 0 Å². The van der Waals surface area contributed by atoms with Crippen molar-refractivity contribution in [2.75, 3.05) is 26.3 Å². The average Bonchev–Trinajstić information content (AvgIpc) is 2.08. The highest BCUT2D eigenvalue weighted by Gasteiger charge is 1.96. The van der Waals surface area contributed by atoms with E-state index in [-0.39, 0.29) is 6.42 Å². The lowest BCUT2D eigenvalue weighted by Crippen LogP contribution is -2.20. The van der Waals surface area contributed by atoms with Crippen molar-refractivity contribution < 1.29 is 14.6 Å². The summed E-state index contributed by atoms with van der Waals surface area (Å²) in [5.74, 6) is -0.177. The summed E-state index contributed by atoms with van der Waals surface area (Å²) in [5.41, 5.74) is 0. The molecule has 0 aliphatic carbocycles. The van der Waals surface area contributed by atoms with Gasteiger partial charge in [0.25, 0.3) is 0 Å². The molecule has 0 aromatic heterocycles. The van der Waals surface area contributed by atoms with E-state index in [2.05, 4.69) is 19.2 Å². The van der Waals surface area contributed by atoms with Gasteiger partial charge >= 0.3 is 5.97 Å². The first kappa shape index (κ1) is 13.4. The second-order valence-corrected chi connectivity index (χ2v) is 3.72. The molecule has 2 N–H and O–H groups in total. The summed E-state index contributed by atoms with van der Waals surface area (Å²) in [4.78, 5) is 10.1. The van der Waals surface area contributed by atoms with Crippen molar-refractivity contribution in [3.05, 3.63) is 0 Å². The lowest BCUT2D eigenvalue weighted by molar-refractivity contribution is -0.136. The first-order chi connectivity index (χ1) is 6.63. The van der Waals surface area contributed by atoms with Crippen molar-refractivity contribution in [3.63, 3.8) is 0 Å². The van der Waals surface area contributed by atoms with Crippen LogP contribution < -0.4 is 5.32 Å². The van der Waals surface area contributed by atoms with E-state index in [0.717, 1.165) is 26.2 Å². The fourth-order valence-corrected chi connectivity index (χ4v) is 0.939. The number of aliphatic carboxylic acids is 1. The number of carboxylic acid groups (broad SMARTS) is 1. The zero-order valence-electron chi connectivity index (χ0n) is 9.08. The number of carbonyl (C=O) groups is 1. The van der Waals surface area contributed by atoms with Gasteiger partial charge in [-0.1, -0.05) is 13.8 Å². The molecule has 0 fully saturated rings. The molecule has 4 nitrogen and oxygen atoms in total. The molecule has 0 aliphatic rings. The van der Waals surface area contributed by atoms with Gasteiger partial charge in [-0.05, 0) is 18.9 Å². The molecule has 0 bridgehead atoms. The van der Waals surface area contributed by atoms with Crippen molar-refractivity contribution in [1.82, 2.24) is 5.32 Å². The second kappa shape index (κ2) is 8.97. The van der Waals surface area contributed by atoms with Crippen LogP contribution in [0.3, 0.4) is 0 Å². The summed E-state index contributed by atoms with van der Waals surface area (Å²) in [6.45, 7) is 7.15. The number of hydrogen-bond acceptors (Lipinski definition) is 3. The van der Waals surface area contributed by atoms with Crippen LogP contribution in [0.25, 0.3) is 0 Å². The molecule has 4 heteroatoms. The monoisotopic (exact) mass is 203 g/mol. The van der Waals surface area contributed by atoms with Gasteiger partial charge in [0.05, 0.1) is 6.42 Å². The second-order valence-electron chi connectivity index (χ2n) is 3.72. The zero-order chi connectivity index (χ0) is 10.8. The minimum Gasteiger partial charge on any atom is -0.481 e. The van der Waals surface area contributed by atoms with Crippen LogP contribution in [0.5, 0.6) is 0 Å². The van der Waals surface area contributed by atoms with Gasteiger partial charge in [0.15, 0.2) is 0 Å². The molecule has 0 saturated carbocycles. The molecule has 0 aromatic carbocycles. The van der Waals surface area contributed by atoms with Gasteiger partial charge in [0.2, 0.25) is 0 Å². The van der Waals surface area contributed by atoms with E-state index >= 15 is 0 Å². The number of ether oxygens (including phenoxy) is 1. The van der Waals surface area contributed by atoms with E-state index < -0.39 is 5.97 Å². The van der Waals surface area contributed by atoms with Gasteiger partial charge in [-0.15, -0.1) is 0 Å². The molecule has 0 heterocycles. The van der Waals surface area contributed by atoms with Crippen LogP contribution in [-0.4, -0.2) is 37.4 Å². The molecule has 84 valence electrons. The minimum atomic E-state index is -0.756. The summed E-state index contributed by atoms with van der Waals surface area (Å²) in [7, 11) is 0. The predicted octanol–water partition coefficient (Wildman–Crippen LogP) is 1.11. The molecule has 0 aliphatic heterocycles. The molecular weight excluding hydrogens is 182 g/mol. The highest BCUT2D eigenvalue weighted by Crippen LogP contribution is 1.92. The normalized spacial score (nSPS) is 10.8. The van der Waals surface area contributed by atoms with Gasteiger partial charge < -0.3 is 15.2 Å². The number of hydrogen-bond donors (Lipinski definition) is 2. The number of rotatable bonds is 9. The molecule has 0 rings (SSSR count). The van der Waals surface area contributed by atoms with E-state index in [1.54, 1.807) is 0 Å². The first-order valence-corrected chi connectivity index (χ1v) is 5.13. The van der Waals surface area contributed by atoms with E-state index in [9.17, 15) is 4.79 Å². The van der Waals surface area contributed by atoms with E-state index in [0.29, 0.717) is 12.5 Å². The SMILES string of the molecule is CC(C)COCCCNCCC(=O)O. The standard InChI is InChI=1S/C10H21NO3/c1-9(2)8-14-7-3-5-11-6-4-10(12)13/h9,11H,3-8H2,1-2H3,(H,12,13). The maximum Gasteiger partial charge on any atom is 0.304 e. The third kappa shape index (κ3) is 11.4. The molecule has 14 heavy (non-hydrogen) atoms. The Bertz CT molecular complexity index is 148. The number of carboxylic acids is 1. The summed E-state index contributed by atoms with van der Waals surface area (Å²) >= 11 is 0. The smallest absolute Gasteiger partial charge is 0.304 e. The average molecular weight is 203 g/mol. The highest BCUT2D eigenvalue weighted by molar-refractivity contribution is 5.66. The summed E-state index contributed by atoms with van der Waals surface area (Å²) in [5, 5.41) is 11.4. The Morgan fingerprint density at radius 2 is 2.14 bits per heavy atom. The Labute approximate surface area is 85.6 Å². The molecular formula is C10H21NO3. The van der Waals surface area contributed by atoms with Crippen LogP contribution in [0, 0.1) is 5.92 Å². The number of nitrogens with one attached hydrogen (secondary N) is 1.